The second-order valence-electron chi connectivity index (χ2n) is 6.85. The van der Waals surface area contributed by atoms with E-state index >= 15 is 0 Å². The number of nitrogens with zero attached hydrogens (tertiary/aromatic N) is 2. The van der Waals surface area contributed by atoms with Gasteiger partial charge in [-0.3, -0.25) is 19.3 Å². The molecule has 1 N–H and O–H groups in total. The number of carbonyl (C=O) groups is 4. The predicted octanol–water partition coefficient (Wildman–Crippen LogP) is 2.79. The van der Waals surface area contributed by atoms with E-state index in [0.717, 1.165) is 36.3 Å². The van der Waals surface area contributed by atoms with Gasteiger partial charge in [-0.2, -0.15) is 0 Å². The Balaban J connectivity index is 1.71. The first kappa shape index (κ1) is 19.3. The zero-order valence-corrected chi connectivity index (χ0v) is 15.5. The quantitative estimate of drug-likeness (QED) is 0.627. The van der Waals surface area contributed by atoms with Crippen molar-refractivity contribution in [1.82, 2.24) is 9.80 Å². The van der Waals surface area contributed by atoms with Crippen LogP contribution in [0.5, 0.6) is 0 Å². The molecule has 7 nitrogen and oxygen atoms in total. The van der Waals surface area contributed by atoms with Crippen LogP contribution in [0.2, 0.25) is 5.02 Å². The maximum absolute atomic E-state index is 13.1. The Bertz CT molecular complexity index is 816. The van der Waals surface area contributed by atoms with E-state index in [2.05, 4.69) is 5.32 Å². The fraction of sp³-hybridized carbons (Fsp3) is 0.444. The van der Waals surface area contributed by atoms with Crippen molar-refractivity contribution in [3.8, 4) is 0 Å². The topological polar surface area (TPSA) is 86.8 Å². The lowest BCUT2D eigenvalue weighted by atomic mass is 9.85. The molecule has 0 spiro atoms. The number of nitrogens with one attached hydrogen (secondary N) is 1. The van der Waals surface area contributed by atoms with E-state index in [0.29, 0.717) is 11.3 Å². The monoisotopic (exact) mass is 395 g/mol. The number of halogens is 2. The highest BCUT2D eigenvalue weighted by Crippen LogP contribution is 2.31. The molecule has 1 aliphatic carbocycles. The number of amides is 5. The molecule has 0 radical (unpaired) electrons. The van der Waals surface area contributed by atoms with Gasteiger partial charge >= 0.3 is 17.8 Å². The van der Waals surface area contributed by atoms with E-state index in [4.69, 9.17) is 11.6 Å². The largest absolute Gasteiger partial charge is 0.334 e. The van der Waals surface area contributed by atoms with Gasteiger partial charge in [-0.15, -0.1) is 0 Å². The molecule has 1 saturated heterocycles. The van der Waals surface area contributed by atoms with Gasteiger partial charge in [-0.05, 0) is 37.0 Å². The van der Waals surface area contributed by atoms with E-state index in [-0.39, 0.29) is 22.7 Å². The predicted molar refractivity (Wildman–Crippen MR) is 95.4 cm³/mol. The van der Waals surface area contributed by atoms with E-state index in [1.807, 2.05) is 6.92 Å². The first-order valence-corrected chi connectivity index (χ1v) is 9.11. The summed E-state index contributed by atoms with van der Waals surface area (Å²) in [6, 6.07) is 2.30. The lowest BCUT2D eigenvalue weighted by Gasteiger charge is -2.34. The summed E-state index contributed by atoms with van der Waals surface area (Å²) in [6.45, 7) is 1.33. The fourth-order valence-corrected chi connectivity index (χ4v) is 3.77. The van der Waals surface area contributed by atoms with Gasteiger partial charge in [-0.1, -0.05) is 31.4 Å². The number of rotatable bonds is 4. The van der Waals surface area contributed by atoms with Gasteiger partial charge in [0.25, 0.3) is 0 Å². The molecule has 2 atom stereocenters. The molecule has 144 valence electrons. The minimum absolute atomic E-state index is 0.0174. The standard InChI is InChI=1S/C18H19ClFN3O4/c1-10-4-2-3-5-14(10)23-17(26)16(25)22(18(23)27)9-15(24)21-13-7-6-11(20)8-12(13)19/h6-8,10,14H,2-5,9H2,1H3,(H,21,24)/t10-,14+/m1/s1. The van der Waals surface area contributed by atoms with E-state index in [1.54, 1.807) is 0 Å². The second-order valence-corrected chi connectivity index (χ2v) is 7.26. The summed E-state index contributed by atoms with van der Waals surface area (Å²) in [5.41, 5.74) is 0.145. The average molecular weight is 396 g/mol. The fourth-order valence-electron chi connectivity index (χ4n) is 3.56. The molecule has 0 unspecified atom stereocenters. The Kier molecular flexibility index (Phi) is 5.46. The molecule has 3 rings (SSSR count). The van der Waals surface area contributed by atoms with Crippen molar-refractivity contribution < 1.29 is 23.6 Å². The zero-order chi connectivity index (χ0) is 19.7. The molecular formula is C18H19ClFN3O4. The minimum Gasteiger partial charge on any atom is -0.323 e. The summed E-state index contributed by atoms with van der Waals surface area (Å²) in [5.74, 6) is -3.09. The summed E-state index contributed by atoms with van der Waals surface area (Å²) in [7, 11) is 0. The minimum atomic E-state index is -1.02. The van der Waals surface area contributed by atoms with Gasteiger partial charge in [0.15, 0.2) is 0 Å². The van der Waals surface area contributed by atoms with Gasteiger partial charge in [-0.25, -0.2) is 14.1 Å². The van der Waals surface area contributed by atoms with Crippen LogP contribution in [0, 0.1) is 11.7 Å². The van der Waals surface area contributed by atoms with Crippen molar-refractivity contribution in [2.45, 2.75) is 38.6 Å². The van der Waals surface area contributed by atoms with Crippen LogP contribution in [0.15, 0.2) is 18.2 Å². The number of benzene rings is 1. The molecule has 0 bridgehead atoms. The molecule has 1 saturated carbocycles. The molecular weight excluding hydrogens is 377 g/mol. The molecule has 2 aliphatic rings. The van der Waals surface area contributed by atoms with E-state index < -0.39 is 36.1 Å². The maximum atomic E-state index is 13.1. The highest BCUT2D eigenvalue weighted by Gasteiger charge is 2.49. The highest BCUT2D eigenvalue weighted by molar-refractivity contribution is 6.45. The van der Waals surface area contributed by atoms with Crippen molar-refractivity contribution in [2.24, 2.45) is 5.92 Å². The van der Waals surface area contributed by atoms with Crippen LogP contribution in [0.25, 0.3) is 0 Å². The van der Waals surface area contributed by atoms with Crippen LogP contribution in [-0.2, 0) is 14.4 Å². The Hall–Kier alpha value is -2.48. The molecule has 0 aromatic heterocycles. The SMILES string of the molecule is C[C@@H]1CCCC[C@@H]1N1C(=O)C(=O)N(CC(=O)Nc2ccc(F)cc2Cl)C1=O. The van der Waals surface area contributed by atoms with Crippen molar-refractivity contribution in [2.75, 3.05) is 11.9 Å². The summed E-state index contributed by atoms with van der Waals surface area (Å²) in [6.07, 6.45) is 3.42. The smallest absolute Gasteiger partial charge is 0.323 e. The lowest BCUT2D eigenvalue weighted by molar-refractivity contribution is -0.145. The molecule has 2 fully saturated rings. The molecule has 1 aromatic rings. The normalized spacial score (nSPS) is 23.1. The summed E-state index contributed by atoms with van der Waals surface area (Å²) in [4.78, 5) is 51.0. The number of urea groups is 1. The molecule has 27 heavy (non-hydrogen) atoms. The first-order valence-electron chi connectivity index (χ1n) is 8.73. The van der Waals surface area contributed by atoms with Crippen molar-refractivity contribution in [3.63, 3.8) is 0 Å². The Labute approximate surface area is 160 Å². The third-order valence-electron chi connectivity index (χ3n) is 4.99. The third-order valence-corrected chi connectivity index (χ3v) is 5.30. The van der Waals surface area contributed by atoms with Crippen LogP contribution in [0.3, 0.4) is 0 Å². The Morgan fingerprint density at radius 1 is 1.22 bits per heavy atom. The lowest BCUT2D eigenvalue weighted by Crippen LogP contribution is -2.46. The molecule has 1 heterocycles. The number of carbonyl (C=O) groups excluding carboxylic acids is 4. The van der Waals surface area contributed by atoms with Crippen LogP contribution in [-0.4, -0.2) is 46.1 Å². The second kappa shape index (κ2) is 7.64. The highest BCUT2D eigenvalue weighted by atomic mass is 35.5. The van der Waals surface area contributed by atoms with E-state index in [9.17, 15) is 23.6 Å². The molecule has 1 aromatic carbocycles. The average Bonchev–Trinajstić information content (AvgIpc) is 2.82. The van der Waals surface area contributed by atoms with Crippen LogP contribution in [0.4, 0.5) is 14.9 Å². The van der Waals surface area contributed by atoms with Crippen LogP contribution >= 0.6 is 11.6 Å². The van der Waals surface area contributed by atoms with Crippen LogP contribution in [0.1, 0.15) is 32.6 Å². The Morgan fingerprint density at radius 2 is 1.93 bits per heavy atom. The molecule has 5 amide bonds. The van der Waals surface area contributed by atoms with Gasteiger partial charge in [0.05, 0.1) is 10.7 Å². The first-order chi connectivity index (χ1) is 12.8. The third kappa shape index (κ3) is 3.80. The summed E-state index contributed by atoms with van der Waals surface area (Å²) < 4.78 is 13.1. The van der Waals surface area contributed by atoms with Crippen molar-refractivity contribution in [1.29, 1.82) is 0 Å². The van der Waals surface area contributed by atoms with Crippen molar-refractivity contribution in [3.05, 3.63) is 29.0 Å². The van der Waals surface area contributed by atoms with E-state index in [1.165, 1.54) is 6.07 Å². The molecule has 1 aliphatic heterocycles. The number of anilines is 1. The molecule has 9 heteroatoms. The maximum Gasteiger partial charge on any atom is 0.334 e. The summed E-state index contributed by atoms with van der Waals surface area (Å²) in [5, 5.41) is 2.39. The van der Waals surface area contributed by atoms with Crippen molar-refractivity contribution >= 4 is 41.0 Å². The number of hydrogen-bond acceptors (Lipinski definition) is 4. The van der Waals surface area contributed by atoms with Gasteiger partial charge in [0.2, 0.25) is 5.91 Å². The van der Waals surface area contributed by atoms with Gasteiger partial charge in [0.1, 0.15) is 12.4 Å². The zero-order valence-electron chi connectivity index (χ0n) is 14.7. The van der Waals surface area contributed by atoms with Gasteiger partial charge in [0, 0.05) is 6.04 Å². The number of hydrogen-bond donors (Lipinski definition) is 1. The van der Waals surface area contributed by atoms with Gasteiger partial charge < -0.3 is 5.32 Å². The van der Waals surface area contributed by atoms with Crippen LogP contribution < -0.4 is 5.32 Å². The number of imide groups is 2. The summed E-state index contributed by atoms with van der Waals surface area (Å²) >= 11 is 5.85. The Morgan fingerprint density at radius 3 is 2.59 bits per heavy atom.